The molecule has 494 valence electrons. The third-order valence-corrected chi connectivity index (χ3v) is 21.2. The fourth-order valence-corrected chi connectivity index (χ4v) is 16.1. The highest BCUT2D eigenvalue weighted by Gasteiger charge is 2.48. The van der Waals surface area contributed by atoms with Crippen LogP contribution in [0.25, 0.3) is 33.4 Å². The standard InChI is InChI=1S/C92H64F4N2O4/c1-99-73-39-21-63(22-40-73)91(65-25-43-75(44-26-65)101-77-37-19-59-11-13-61(59)51-77)83-9-5-3-7-79(83)81-47-35-71(55-85(81)91)97(89-49-29-67(93)53-87(89)95)69-31-15-57(16-32-69)58-17-33-70(34-18-58)98(90-50-30-68(94)54-88(90)96)72-36-48-82-80-8-4-6-10-84(80)92(86(82)56-72,64-23-41-74(100-2)42-24-64)66-27-45-76(46-28-66)102-78-38-20-60-12-14-62(60)52-78/h3-10,15-56H,11-14H2,1-2H3. The molecule has 0 spiro atoms. The van der Waals surface area contributed by atoms with Gasteiger partial charge in [0.25, 0.3) is 0 Å². The van der Waals surface area contributed by atoms with Crippen molar-refractivity contribution in [2.75, 3.05) is 24.0 Å². The zero-order valence-electron chi connectivity index (χ0n) is 55.7. The van der Waals surface area contributed by atoms with Gasteiger partial charge in [0.1, 0.15) is 57.8 Å². The van der Waals surface area contributed by atoms with E-state index >= 15 is 17.6 Å². The van der Waals surface area contributed by atoms with E-state index in [4.69, 9.17) is 18.9 Å². The summed E-state index contributed by atoms with van der Waals surface area (Å²) in [5, 5.41) is 0. The average Bonchev–Trinajstić information content (AvgIpc) is 1.54. The summed E-state index contributed by atoms with van der Waals surface area (Å²) in [7, 11) is 3.32. The average molecular weight is 1340 g/mol. The Labute approximate surface area is 589 Å². The van der Waals surface area contributed by atoms with Crippen molar-refractivity contribution in [3.63, 3.8) is 0 Å². The monoisotopic (exact) mass is 1340 g/mol. The second-order valence-corrected chi connectivity index (χ2v) is 26.6. The number of nitrogens with zero attached hydrogens (tertiary/aromatic N) is 2. The lowest BCUT2D eigenvalue weighted by molar-refractivity contribution is 0.414. The number of hydrogen-bond donors (Lipinski definition) is 0. The summed E-state index contributed by atoms with van der Waals surface area (Å²) < 4.78 is 88.1. The van der Waals surface area contributed by atoms with Crippen LogP contribution in [-0.2, 0) is 36.5 Å². The largest absolute Gasteiger partial charge is 0.497 e. The van der Waals surface area contributed by atoms with Crippen molar-refractivity contribution in [1.29, 1.82) is 0 Å². The number of rotatable bonds is 17. The van der Waals surface area contributed by atoms with Gasteiger partial charge in [-0.05, 0) is 271 Å². The molecule has 0 saturated carbocycles. The van der Waals surface area contributed by atoms with Gasteiger partial charge in [0.15, 0.2) is 0 Å². The molecule has 4 aliphatic carbocycles. The van der Waals surface area contributed by atoms with Crippen LogP contribution in [0.4, 0.5) is 51.7 Å². The third-order valence-electron chi connectivity index (χ3n) is 21.2. The molecule has 4 aliphatic rings. The molecular formula is C92H64F4N2O4. The SMILES string of the molecule is COc1ccc(C2(c3ccc(Oc4ccc5c(c4)CC5)cc3)c3ccccc3-c3ccc(N(c4ccc(-c5ccc(N(c6ccc7c(c6)C(c6ccc(OC)cc6)(c6ccc(Oc8ccc9c(c8)CC9)cc6)c6ccccc6-7)c6ccc(F)cc6F)cc5)cc4)c4ccc(F)cc4F)cc32)cc1. The first kappa shape index (κ1) is 61.9. The predicted molar refractivity (Wildman–Crippen MR) is 397 cm³/mol. The molecule has 10 heteroatoms. The van der Waals surface area contributed by atoms with Gasteiger partial charge in [-0.25, -0.2) is 17.6 Å². The zero-order chi connectivity index (χ0) is 68.8. The van der Waals surface area contributed by atoms with E-state index in [0.717, 1.165) is 127 Å². The summed E-state index contributed by atoms with van der Waals surface area (Å²) in [5.41, 5.74) is 20.3. The number of anilines is 6. The molecule has 2 atom stereocenters. The van der Waals surface area contributed by atoms with E-state index in [9.17, 15) is 0 Å². The molecule has 14 aromatic carbocycles. The normalized spacial score (nSPS) is 15.5. The maximum Gasteiger partial charge on any atom is 0.150 e. The summed E-state index contributed by atoms with van der Waals surface area (Å²) >= 11 is 0. The minimum absolute atomic E-state index is 0.152. The molecule has 102 heavy (non-hydrogen) atoms. The molecule has 0 heterocycles. The Morgan fingerprint density at radius 1 is 0.275 bits per heavy atom. The van der Waals surface area contributed by atoms with Gasteiger partial charge >= 0.3 is 0 Å². The van der Waals surface area contributed by atoms with Gasteiger partial charge < -0.3 is 28.7 Å². The van der Waals surface area contributed by atoms with Crippen LogP contribution in [0.2, 0.25) is 0 Å². The summed E-state index contributed by atoms with van der Waals surface area (Å²) in [6.45, 7) is 0. The Hall–Kier alpha value is -12.4. The van der Waals surface area contributed by atoms with Crippen LogP contribution in [0, 0.1) is 23.3 Å². The summed E-state index contributed by atoms with van der Waals surface area (Å²) in [6, 6.07) is 98.0. The van der Waals surface area contributed by atoms with Crippen molar-refractivity contribution in [3.05, 3.63) is 393 Å². The van der Waals surface area contributed by atoms with E-state index in [1.165, 1.54) is 46.5 Å². The highest BCUT2D eigenvalue weighted by molar-refractivity contribution is 5.92. The first-order valence-electron chi connectivity index (χ1n) is 34.3. The minimum Gasteiger partial charge on any atom is -0.497 e. The van der Waals surface area contributed by atoms with Crippen molar-refractivity contribution < 1.29 is 36.5 Å². The Morgan fingerprint density at radius 3 is 0.951 bits per heavy atom. The van der Waals surface area contributed by atoms with Crippen molar-refractivity contribution in [3.8, 4) is 67.9 Å². The highest BCUT2D eigenvalue weighted by Crippen LogP contribution is 2.60. The zero-order valence-corrected chi connectivity index (χ0v) is 55.7. The molecular weight excluding hydrogens is 1270 g/mol. The number of hydrogen-bond acceptors (Lipinski definition) is 6. The van der Waals surface area contributed by atoms with Crippen molar-refractivity contribution >= 4 is 34.1 Å². The van der Waals surface area contributed by atoms with E-state index < -0.39 is 34.1 Å². The molecule has 0 amide bonds. The molecule has 0 bridgehead atoms. The lowest BCUT2D eigenvalue weighted by atomic mass is 9.67. The lowest BCUT2D eigenvalue weighted by Gasteiger charge is -2.35. The molecule has 0 N–H and O–H groups in total. The van der Waals surface area contributed by atoms with Crippen molar-refractivity contribution in [2.45, 2.75) is 36.5 Å². The van der Waals surface area contributed by atoms with Crippen molar-refractivity contribution in [2.24, 2.45) is 0 Å². The van der Waals surface area contributed by atoms with E-state index in [0.29, 0.717) is 45.7 Å². The van der Waals surface area contributed by atoms with Gasteiger partial charge in [-0.3, -0.25) is 0 Å². The number of benzene rings is 14. The summed E-state index contributed by atoms with van der Waals surface area (Å²) in [4.78, 5) is 3.67. The molecule has 14 aromatic rings. The molecule has 0 aliphatic heterocycles. The molecule has 6 nitrogen and oxygen atoms in total. The first-order chi connectivity index (χ1) is 50.0. The first-order valence-corrected chi connectivity index (χ1v) is 34.3. The number of fused-ring (bicyclic) bond motifs is 8. The van der Waals surface area contributed by atoms with Gasteiger partial charge in [0.05, 0.1) is 36.4 Å². The summed E-state index contributed by atoms with van der Waals surface area (Å²) in [6.07, 6.45) is 4.27. The van der Waals surface area contributed by atoms with Gasteiger partial charge in [-0.1, -0.05) is 146 Å². The molecule has 0 saturated heterocycles. The van der Waals surface area contributed by atoms with Crippen LogP contribution in [0.15, 0.2) is 303 Å². The van der Waals surface area contributed by atoms with Crippen LogP contribution < -0.4 is 28.7 Å². The second kappa shape index (κ2) is 24.8. The van der Waals surface area contributed by atoms with Crippen LogP contribution in [0.3, 0.4) is 0 Å². The molecule has 18 rings (SSSR count). The topological polar surface area (TPSA) is 43.4 Å². The quantitative estimate of drug-likeness (QED) is 0.0847. The van der Waals surface area contributed by atoms with E-state index in [-0.39, 0.29) is 11.4 Å². The number of methoxy groups -OCH3 is 2. The lowest BCUT2D eigenvalue weighted by Crippen LogP contribution is -2.28. The minimum atomic E-state index is -0.885. The molecule has 0 fully saturated rings. The van der Waals surface area contributed by atoms with Crippen LogP contribution in [0.5, 0.6) is 34.5 Å². The summed E-state index contributed by atoms with van der Waals surface area (Å²) in [5.74, 6) is 1.57. The fraction of sp³-hybridized carbons (Fsp3) is 0.0870. The van der Waals surface area contributed by atoms with E-state index in [1.54, 1.807) is 14.2 Å². The predicted octanol–water partition coefficient (Wildman–Crippen LogP) is 23.4. The third kappa shape index (κ3) is 10.2. The van der Waals surface area contributed by atoms with Crippen LogP contribution >= 0.6 is 0 Å². The van der Waals surface area contributed by atoms with Crippen LogP contribution in [-0.4, -0.2) is 14.2 Å². The smallest absolute Gasteiger partial charge is 0.150 e. The van der Waals surface area contributed by atoms with Gasteiger partial charge in [-0.15, -0.1) is 0 Å². The maximum atomic E-state index is 16.8. The van der Waals surface area contributed by atoms with Crippen LogP contribution in [0.1, 0.15) is 66.8 Å². The Balaban J connectivity index is 0.719. The second-order valence-electron chi connectivity index (χ2n) is 26.6. The molecule has 0 radical (unpaired) electrons. The fourth-order valence-electron chi connectivity index (χ4n) is 16.1. The Morgan fingerprint density at radius 2 is 0.608 bits per heavy atom. The molecule has 2 unspecified atom stereocenters. The maximum absolute atomic E-state index is 16.8. The van der Waals surface area contributed by atoms with Gasteiger partial charge in [0, 0.05) is 34.9 Å². The number of halogens is 4. The number of aryl methyl sites for hydroxylation is 4. The van der Waals surface area contributed by atoms with E-state index in [2.05, 4.69) is 146 Å². The number of ether oxygens (including phenoxy) is 4. The highest BCUT2D eigenvalue weighted by atomic mass is 19.1. The van der Waals surface area contributed by atoms with Gasteiger partial charge in [-0.2, -0.15) is 0 Å². The Kier molecular flexibility index (Phi) is 15.0. The van der Waals surface area contributed by atoms with E-state index in [1.807, 2.05) is 131 Å². The Bertz CT molecular complexity index is 5260. The molecule has 0 aromatic heterocycles. The van der Waals surface area contributed by atoms with Gasteiger partial charge in [0.2, 0.25) is 0 Å². The van der Waals surface area contributed by atoms with Crippen molar-refractivity contribution in [1.82, 2.24) is 0 Å².